The molecule has 6 heteroatoms. The Bertz CT molecular complexity index is 1240. The lowest BCUT2D eigenvalue weighted by Crippen LogP contribution is -2.45. The third-order valence-electron chi connectivity index (χ3n) is 6.67. The van der Waals surface area contributed by atoms with Gasteiger partial charge in [0.25, 0.3) is 5.56 Å². The molecule has 31 heavy (non-hydrogen) atoms. The van der Waals surface area contributed by atoms with E-state index in [2.05, 4.69) is 23.1 Å². The molecule has 162 valence electrons. The number of hydrogen-bond acceptors (Lipinski definition) is 4. The lowest BCUT2D eigenvalue weighted by molar-refractivity contribution is 0.0896. The second-order valence-electron chi connectivity index (χ2n) is 9.13. The average Bonchev–Trinajstić information content (AvgIpc) is 3.58. The van der Waals surface area contributed by atoms with Gasteiger partial charge in [0.1, 0.15) is 0 Å². The van der Waals surface area contributed by atoms with Gasteiger partial charge in [-0.2, -0.15) is 0 Å². The van der Waals surface area contributed by atoms with Crippen LogP contribution in [-0.2, 0) is 26.1 Å². The first kappa shape index (κ1) is 20.2. The van der Waals surface area contributed by atoms with Gasteiger partial charge in [-0.25, -0.2) is 4.79 Å². The third-order valence-corrected chi connectivity index (χ3v) is 6.67. The van der Waals surface area contributed by atoms with Gasteiger partial charge in [0.2, 0.25) is 0 Å². The van der Waals surface area contributed by atoms with E-state index in [9.17, 15) is 14.7 Å². The van der Waals surface area contributed by atoms with Gasteiger partial charge in [-0.15, -0.1) is 0 Å². The molecule has 1 aromatic heterocycles. The minimum absolute atomic E-state index is 0.0186. The van der Waals surface area contributed by atoms with Crippen molar-refractivity contribution in [1.82, 2.24) is 14.0 Å². The van der Waals surface area contributed by atoms with Crippen LogP contribution in [0.25, 0.3) is 10.9 Å². The largest absolute Gasteiger partial charge is 0.390 e. The van der Waals surface area contributed by atoms with E-state index >= 15 is 0 Å². The number of benzene rings is 2. The standard InChI is InChI=1S/C25H29N3O3/c1-17-5-4-8-22-23(17)24(30)28(25(31)27(22)13-18-9-10-18)16-21(29)15-26-12-11-19-6-2-3-7-20(19)14-26/h2-8,18,21,29H,9-16H2,1H3/t21-/m1/s1. The first-order valence-corrected chi connectivity index (χ1v) is 11.2. The lowest BCUT2D eigenvalue weighted by Gasteiger charge is -2.30. The van der Waals surface area contributed by atoms with Crippen molar-refractivity contribution in [3.63, 3.8) is 0 Å². The summed E-state index contributed by atoms with van der Waals surface area (Å²) < 4.78 is 2.99. The van der Waals surface area contributed by atoms with Crippen molar-refractivity contribution in [2.45, 2.75) is 51.9 Å². The van der Waals surface area contributed by atoms with Crippen LogP contribution in [0.15, 0.2) is 52.1 Å². The van der Waals surface area contributed by atoms with E-state index < -0.39 is 6.10 Å². The fourth-order valence-electron chi connectivity index (χ4n) is 4.80. The van der Waals surface area contributed by atoms with Crippen LogP contribution in [0.2, 0.25) is 0 Å². The lowest BCUT2D eigenvalue weighted by atomic mass is 10.00. The topological polar surface area (TPSA) is 67.5 Å². The Kier molecular flexibility index (Phi) is 5.28. The van der Waals surface area contributed by atoms with E-state index in [1.54, 1.807) is 4.57 Å². The number of rotatable bonds is 6. The van der Waals surface area contributed by atoms with E-state index in [0.717, 1.165) is 37.9 Å². The van der Waals surface area contributed by atoms with Crippen molar-refractivity contribution in [3.05, 3.63) is 80.0 Å². The summed E-state index contributed by atoms with van der Waals surface area (Å²) in [5, 5.41) is 11.4. The number of nitrogens with zero attached hydrogens (tertiary/aromatic N) is 3. The molecule has 2 aliphatic rings. The van der Waals surface area contributed by atoms with Crippen LogP contribution in [0.4, 0.5) is 0 Å². The molecule has 0 unspecified atom stereocenters. The van der Waals surface area contributed by atoms with Crippen LogP contribution in [0, 0.1) is 12.8 Å². The number of hydrogen-bond donors (Lipinski definition) is 1. The minimum atomic E-state index is -0.786. The molecule has 6 nitrogen and oxygen atoms in total. The van der Waals surface area contributed by atoms with Crippen LogP contribution in [0.1, 0.15) is 29.5 Å². The number of aryl methyl sites for hydroxylation is 1. The molecule has 1 N–H and O–H groups in total. The van der Waals surface area contributed by atoms with Crippen molar-refractivity contribution in [2.75, 3.05) is 13.1 Å². The molecule has 1 aliphatic heterocycles. The number of β-amino-alcohol motifs (C(OH)–C–C–N with tert-alkyl or cyclic N) is 1. The summed E-state index contributed by atoms with van der Waals surface area (Å²) in [7, 11) is 0. The summed E-state index contributed by atoms with van der Waals surface area (Å²) in [4.78, 5) is 28.7. The van der Waals surface area contributed by atoms with E-state index in [1.165, 1.54) is 15.7 Å². The summed E-state index contributed by atoms with van der Waals surface area (Å²) in [6, 6.07) is 14.0. The molecule has 1 aliphatic carbocycles. The van der Waals surface area contributed by atoms with Crippen LogP contribution in [0.3, 0.4) is 0 Å². The molecule has 0 bridgehead atoms. The SMILES string of the molecule is Cc1cccc2c1c(=O)n(C[C@H](O)CN1CCc3ccccc3C1)c(=O)n2CC1CC1. The average molecular weight is 420 g/mol. The first-order chi connectivity index (χ1) is 15.0. The summed E-state index contributed by atoms with van der Waals surface area (Å²) in [6.07, 6.45) is 2.41. The summed E-state index contributed by atoms with van der Waals surface area (Å²) >= 11 is 0. The fraction of sp³-hybridized carbons (Fsp3) is 0.440. The molecule has 2 aromatic carbocycles. The van der Waals surface area contributed by atoms with Crippen molar-refractivity contribution in [1.29, 1.82) is 0 Å². The molecular formula is C25H29N3O3. The Balaban J connectivity index is 1.43. The van der Waals surface area contributed by atoms with Gasteiger partial charge in [0.05, 0.1) is 23.6 Å². The minimum Gasteiger partial charge on any atom is -0.390 e. The molecule has 1 atom stereocenters. The third kappa shape index (κ3) is 3.98. The molecule has 0 saturated heterocycles. The molecule has 0 radical (unpaired) electrons. The second-order valence-corrected chi connectivity index (χ2v) is 9.13. The predicted octanol–water partition coefficient (Wildman–Crippen LogP) is 2.30. The van der Waals surface area contributed by atoms with E-state index in [1.807, 2.05) is 31.2 Å². The molecule has 1 fully saturated rings. The quantitative estimate of drug-likeness (QED) is 0.666. The van der Waals surface area contributed by atoms with Crippen LogP contribution < -0.4 is 11.2 Å². The van der Waals surface area contributed by atoms with Gasteiger partial charge in [0.15, 0.2) is 0 Å². The number of aliphatic hydroxyl groups is 1. The van der Waals surface area contributed by atoms with E-state index in [0.29, 0.717) is 29.9 Å². The normalized spacial score (nSPS) is 17.6. The smallest absolute Gasteiger partial charge is 0.331 e. The van der Waals surface area contributed by atoms with Gasteiger partial charge >= 0.3 is 5.69 Å². The van der Waals surface area contributed by atoms with Gasteiger partial charge < -0.3 is 5.11 Å². The maximum Gasteiger partial charge on any atom is 0.331 e. The Labute approximate surface area is 181 Å². The zero-order valence-corrected chi connectivity index (χ0v) is 18.0. The molecular weight excluding hydrogens is 390 g/mol. The summed E-state index contributed by atoms with van der Waals surface area (Å²) in [5.74, 6) is 0.505. The van der Waals surface area contributed by atoms with Crippen molar-refractivity contribution >= 4 is 10.9 Å². The highest BCUT2D eigenvalue weighted by Crippen LogP contribution is 2.31. The van der Waals surface area contributed by atoms with Gasteiger partial charge in [-0.3, -0.25) is 18.8 Å². The Morgan fingerprint density at radius 1 is 1.00 bits per heavy atom. The number of aliphatic hydroxyl groups excluding tert-OH is 1. The molecule has 2 heterocycles. The molecule has 5 rings (SSSR count). The number of fused-ring (bicyclic) bond motifs is 2. The highest BCUT2D eigenvalue weighted by atomic mass is 16.3. The first-order valence-electron chi connectivity index (χ1n) is 11.2. The number of aromatic nitrogens is 2. The van der Waals surface area contributed by atoms with Gasteiger partial charge in [-0.1, -0.05) is 36.4 Å². The summed E-state index contributed by atoms with van der Waals surface area (Å²) in [5.41, 5.74) is 3.61. The van der Waals surface area contributed by atoms with E-state index in [4.69, 9.17) is 0 Å². The van der Waals surface area contributed by atoms with Crippen LogP contribution in [-0.4, -0.2) is 38.3 Å². The molecule has 3 aromatic rings. The van der Waals surface area contributed by atoms with Gasteiger partial charge in [0, 0.05) is 26.2 Å². The van der Waals surface area contributed by atoms with Crippen molar-refractivity contribution in [3.8, 4) is 0 Å². The molecule has 0 spiro atoms. The summed E-state index contributed by atoms with van der Waals surface area (Å²) in [6.45, 7) is 4.65. The van der Waals surface area contributed by atoms with Crippen molar-refractivity contribution < 1.29 is 5.11 Å². The zero-order valence-electron chi connectivity index (χ0n) is 18.0. The van der Waals surface area contributed by atoms with Gasteiger partial charge in [-0.05, 0) is 54.9 Å². The maximum atomic E-state index is 13.3. The Morgan fingerprint density at radius 2 is 1.77 bits per heavy atom. The monoisotopic (exact) mass is 419 g/mol. The zero-order chi connectivity index (χ0) is 21.5. The van der Waals surface area contributed by atoms with E-state index in [-0.39, 0.29) is 17.8 Å². The fourth-order valence-corrected chi connectivity index (χ4v) is 4.80. The maximum absolute atomic E-state index is 13.3. The highest BCUT2D eigenvalue weighted by molar-refractivity contribution is 5.81. The molecule has 1 saturated carbocycles. The van der Waals surface area contributed by atoms with Crippen LogP contribution >= 0.6 is 0 Å². The van der Waals surface area contributed by atoms with Crippen LogP contribution in [0.5, 0.6) is 0 Å². The Morgan fingerprint density at radius 3 is 2.55 bits per heavy atom. The second kappa shape index (κ2) is 8.09. The predicted molar refractivity (Wildman–Crippen MR) is 121 cm³/mol. The highest BCUT2D eigenvalue weighted by Gasteiger charge is 2.26. The molecule has 0 amide bonds. The van der Waals surface area contributed by atoms with Crippen molar-refractivity contribution in [2.24, 2.45) is 5.92 Å². The Hall–Kier alpha value is -2.70.